The predicted octanol–water partition coefficient (Wildman–Crippen LogP) is 1.72. The van der Waals surface area contributed by atoms with Crippen molar-refractivity contribution in [1.82, 2.24) is 9.80 Å². The number of likely N-dealkylation sites (tertiary alicyclic amines) is 1. The first-order chi connectivity index (χ1) is 14.0. The van der Waals surface area contributed by atoms with E-state index in [1.165, 1.54) is 17.1 Å². The number of hydrogen-bond acceptors (Lipinski definition) is 5. The van der Waals surface area contributed by atoms with Crippen LogP contribution in [0.4, 0.5) is 10.1 Å². The standard InChI is InChI=1S/C21H28FN5O2/c1-2-25-11-9-16(10-12-25)26(15-7-8-15)21(29)18-13-19(20(23)28)27(24-18)17-5-3-14(22)4-6-17/h3-6,15-16,19H,2,7-13H2,1H3,(H2,23,28). The van der Waals surface area contributed by atoms with E-state index in [9.17, 15) is 14.0 Å². The van der Waals surface area contributed by atoms with Gasteiger partial charge in [-0.3, -0.25) is 14.6 Å². The van der Waals surface area contributed by atoms with Crippen LogP contribution >= 0.6 is 0 Å². The number of halogens is 1. The second kappa shape index (κ2) is 8.10. The van der Waals surface area contributed by atoms with Gasteiger partial charge in [0.05, 0.1) is 5.69 Å². The van der Waals surface area contributed by atoms with Crippen LogP contribution in [-0.2, 0) is 9.59 Å². The average molecular weight is 401 g/mol. The van der Waals surface area contributed by atoms with Crippen LogP contribution in [0, 0.1) is 5.82 Å². The van der Waals surface area contributed by atoms with Crippen molar-refractivity contribution < 1.29 is 14.0 Å². The number of hydrazone groups is 1. The molecule has 156 valence electrons. The molecule has 0 bridgehead atoms. The third-order valence-electron chi connectivity index (χ3n) is 6.15. The Morgan fingerprint density at radius 3 is 2.31 bits per heavy atom. The summed E-state index contributed by atoms with van der Waals surface area (Å²) in [6.07, 6.45) is 4.15. The molecule has 7 nitrogen and oxygen atoms in total. The summed E-state index contributed by atoms with van der Waals surface area (Å²) in [5, 5.41) is 5.93. The van der Waals surface area contributed by atoms with Gasteiger partial charge in [-0.1, -0.05) is 6.92 Å². The number of amides is 2. The van der Waals surface area contributed by atoms with Gasteiger partial charge < -0.3 is 15.5 Å². The molecule has 0 spiro atoms. The molecule has 3 aliphatic rings. The fourth-order valence-electron chi connectivity index (χ4n) is 4.34. The number of nitrogens with two attached hydrogens (primary N) is 1. The van der Waals surface area contributed by atoms with Crippen molar-refractivity contribution in [2.24, 2.45) is 10.8 Å². The van der Waals surface area contributed by atoms with Crippen LogP contribution in [0.15, 0.2) is 29.4 Å². The first kappa shape index (κ1) is 19.8. The molecule has 0 radical (unpaired) electrons. The number of carbonyl (C=O) groups is 2. The highest BCUT2D eigenvalue weighted by Crippen LogP contribution is 2.34. The number of benzene rings is 1. The monoisotopic (exact) mass is 401 g/mol. The Morgan fingerprint density at radius 2 is 1.76 bits per heavy atom. The van der Waals surface area contributed by atoms with E-state index in [4.69, 9.17) is 5.73 Å². The third kappa shape index (κ3) is 4.12. The van der Waals surface area contributed by atoms with Gasteiger partial charge in [0, 0.05) is 31.6 Å². The Labute approximate surface area is 170 Å². The Hall–Kier alpha value is -2.48. The number of primary amides is 1. The molecular formula is C21H28FN5O2. The number of hydrogen-bond donors (Lipinski definition) is 1. The second-order valence-electron chi connectivity index (χ2n) is 8.10. The first-order valence-corrected chi connectivity index (χ1v) is 10.4. The molecule has 1 aromatic carbocycles. The van der Waals surface area contributed by atoms with Gasteiger partial charge in [0.25, 0.3) is 5.91 Å². The van der Waals surface area contributed by atoms with Gasteiger partial charge in [-0.15, -0.1) is 0 Å². The number of rotatable bonds is 6. The molecule has 0 aromatic heterocycles. The van der Waals surface area contributed by atoms with Crippen molar-refractivity contribution in [3.05, 3.63) is 30.1 Å². The normalized spacial score (nSPS) is 23.2. The summed E-state index contributed by atoms with van der Waals surface area (Å²) in [5.41, 5.74) is 6.49. The molecule has 1 aliphatic carbocycles. The van der Waals surface area contributed by atoms with Crippen LogP contribution in [0.1, 0.15) is 39.0 Å². The summed E-state index contributed by atoms with van der Waals surface area (Å²) in [5.74, 6) is -1.00. The summed E-state index contributed by atoms with van der Waals surface area (Å²) in [4.78, 5) is 29.8. The number of nitrogens with zero attached hydrogens (tertiary/aromatic N) is 4. The van der Waals surface area contributed by atoms with E-state index >= 15 is 0 Å². The highest BCUT2D eigenvalue weighted by atomic mass is 19.1. The van der Waals surface area contributed by atoms with Crippen molar-refractivity contribution >= 4 is 23.2 Å². The number of anilines is 1. The Bertz CT molecular complexity index is 800. The van der Waals surface area contributed by atoms with E-state index < -0.39 is 11.9 Å². The lowest BCUT2D eigenvalue weighted by molar-refractivity contribution is -0.128. The van der Waals surface area contributed by atoms with E-state index in [0.29, 0.717) is 11.4 Å². The molecule has 8 heteroatoms. The van der Waals surface area contributed by atoms with Crippen molar-refractivity contribution in [2.75, 3.05) is 24.6 Å². The molecule has 1 saturated carbocycles. The fourth-order valence-corrected chi connectivity index (χ4v) is 4.34. The second-order valence-corrected chi connectivity index (χ2v) is 8.10. The van der Waals surface area contributed by atoms with Crippen molar-refractivity contribution in [3.63, 3.8) is 0 Å². The van der Waals surface area contributed by atoms with Crippen molar-refractivity contribution in [1.29, 1.82) is 0 Å². The topological polar surface area (TPSA) is 82.2 Å². The maximum absolute atomic E-state index is 13.4. The van der Waals surface area contributed by atoms with Crippen molar-refractivity contribution in [2.45, 2.75) is 57.2 Å². The van der Waals surface area contributed by atoms with Gasteiger partial charge in [-0.25, -0.2) is 4.39 Å². The highest BCUT2D eigenvalue weighted by Gasteiger charge is 2.43. The summed E-state index contributed by atoms with van der Waals surface area (Å²) in [7, 11) is 0. The molecule has 29 heavy (non-hydrogen) atoms. The maximum Gasteiger partial charge on any atom is 0.270 e. The van der Waals surface area contributed by atoms with E-state index in [0.717, 1.165) is 45.3 Å². The van der Waals surface area contributed by atoms with Crippen LogP contribution in [-0.4, -0.2) is 65.1 Å². The third-order valence-corrected chi connectivity index (χ3v) is 6.15. The van der Waals surface area contributed by atoms with Gasteiger partial charge in [-0.2, -0.15) is 5.10 Å². The lowest BCUT2D eigenvalue weighted by atomic mass is 10.0. The molecule has 2 amide bonds. The zero-order chi connectivity index (χ0) is 20.5. The molecule has 1 unspecified atom stereocenters. The Kier molecular flexibility index (Phi) is 5.54. The largest absolute Gasteiger partial charge is 0.368 e. The molecule has 2 aliphatic heterocycles. The number of piperidine rings is 1. The molecule has 1 aromatic rings. The van der Waals surface area contributed by atoms with E-state index in [1.54, 1.807) is 12.1 Å². The van der Waals surface area contributed by atoms with E-state index in [2.05, 4.69) is 16.9 Å². The fraction of sp³-hybridized carbons (Fsp3) is 0.571. The molecular weight excluding hydrogens is 373 g/mol. The number of carbonyl (C=O) groups excluding carboxylic acids is 2. The molecule has 2 fully saturated rings. The minimum absolute atomic E-state index is 0.0849. The first-order valence-electron chi connectivity index (χ1n) is 10.4. The predicted molar refractivity (Wildman–Crippen MR) is 109 cm³/mol. The van der Waals surface area contributed by atoms with Gasteiger partial charge >= 0.3 is 0 Å². The van der Waals surface area contributed by atoms with E-state index in [-0.39, 0.29) is 30.2 Å². The van der Waals surface area contributed by atoms with E-state index in [1.807, 2.05) is 4.90 Å². The Morgan fingerprint density at radius 1 is 1.14 bits per heavy atom. The van der Waals surface area contributed by atoms with Crippen LogP contribution in [0.2, 0.25) is 0 Å². The highest BCUT2D eigenvalue weighted by molar-refractivity contribution is 6.40. The quantitative estimate of drug-likeness (QED) is 0.787. The van der Waals surface area contributed by atoms with Crippen LogP contribution in [0.3, 0.4) is 0 Å². The van der Waals surface area contributed by atoms with Gasteiger partial charge in [0.1, 0.15) is 17.6 Å². The van der Waals surface area contributed by atoms with Gasteiger partial charge in [0.15, 0.2) is 0 Å². The lowest BCUT2D eigenvalue weighted by Gasteiger charge is -2.38. The Balaban J connectivity index is 1.55. The maximum atomic E-state index is 13.4. The van der Waals surface area contributed by atoms with Crippen LogP contribution in [0.25, 0.3) is 0 Å². The van der Waals surface area contributed by atoms with Gasteiger partial charge in [-0.05, 0) is 56.5 Å². The molecule has 4 rings (SSSR count). The molecule has 2 heterocycles. The minimum Gasteiger partial charge on any atom is -0.368 e. The zero-order valence-corrected chi connectivity index (χ0v) is 16.8. The van der Waals surface area contributed by atoms with Gasteiger partial charge in [0.2, 0.25) is 5.91 Å². The summed E-state index contributed by atoms with van der Waals surface area (Å²) < 4.78 is 13.3. The minimum atomic E-state index is -0.734. The summed E-state index contributed by atoms with van der Waals surface area (Å²) in [6, 6.07) is 5.45. The van der Waals surface area contributed by atoms with Crippen LogP contribution in [0.5, 0.6) is 0 Å². The smallest absolute Gasteiger partial charge is 0.270 e. The summed E-state index contributed by atoms with van der Waals surface area (Å²) in [6.45, 7) is 5.18. The molecule has 1 atom stereocenters. The zero-order valence-electron chi connectivity index (χ0n) is 16.8. The van der Waals surface area contributed by atoms with Crippen molar-refractivity contribution in [3.8, 4) is 0 Å². The lowest BCUT2D eigenvalue weighted by Crippen LogP contribution is -2.50. The summed E-state index contributed by atoms with van der Waals surface area (Å²) >= 11 is 0. The average Bonchev–Trinajstić information content (AvgIpc) is 3.45. The van der Waals surface area contributed by atoms with Crippen LogP contribution < -0.4 is 10.7 Å². The SMILES string of the molecule is CCN1CCC(N(C(=O)C2=NN(c3ccc(F)cc3)C(C(N)=O)C2)C2CC2)CC1. The molecule has 2 N–H and O–H groups in total. The molecule has 1 saturated heterocycles.